The average Bonchev–Trinajstić information content (AvgIpc) is 3.29. The molecule has 0 atom stereocenters. The fourth-order valence-corrected chi connectivity index (χ4v) is 3.65. The summed E-state index contributed by atoms with van der Waals surface area (Å²) in [6.45, 7) is 2.01. The minimum absolute atomic E-state index is 0.0995. The van der Waals surface area contributed by atoms with E-state index in [4.69, 9.17) is 9.84 Å². The first-order chi connectivity index (χ1) is 16.7. The zero-order chi connectivity index (χ0) is 23.6. The highest BCUT2D eigenvalue weighted by Gasteiger charge is 2.14. The summed E-state index contributed by atoms with van der Waals surface area (Å²) < 4.78 is 7.12. The largest absolute Gasteiger partial charge is 0.383 e. The molecule has 4 rings (SSSR count). The van der Waals surface area contributed by atoms with E-state index in [2.05, 4.69) is 17.1 Å². The molecule has 0 N–H and O–H groups in total. The fraction of sp³-hybridized carbons (Fsp3) is 0.179. The minimum atomic E-state index is -0.0995. The Morgan fingerprint density at radius 3 is 2.44 bits per heavy atom. The molecule has 0 spiro atoms. The van der Waals surface area contributed by atoms with Crippen LogP contribution in [0.5, 0.6) is 0 Å². The quantitative estimate of drug-likeness (QED) is 0.328. The molecule has 0 fully saturated rings. The van der Waals surface area contributed by atoms with Crippen LogP contribution in [0.1, 0.15) is 16.8 Å². The van der Waals surface area contributed by atoms with Crippen molar-refractivity contribution in [1.29, 1.82) is 0 Å². The Morgan fingerprint density at radius 2 is 1.74 bits per heavy atom. The Morgan fingerprint density at radius 1 is 1.00 bits per heavy atom. The maximum atomic E-state index is 13.1. The zero-order valence-corrected chi connectivity index (χ0v) is 19.2. The zero-order valence-electron chi connectivity index (χ0n) is 19.2. The van der Waals surface area contributed by atoms with Crippen LogP contribution in [0.2, 0.25) is 0 Å². The van der Waals surface area contributed by atoms with E-state index in [1.54, 1.807) is 24.3 Å². The van der Waals surface area contributed by atoms with Crippen LogP contribution in [-0.4, -0.2) is 45.8 Å². The number of methoxy groups -OCH3 is 1. The van der Waals surface area contributed by atoms with Crippen LogP contribution in [0.25, 0.3) is 17.3 Å². The molecule has 1 amide bonds. The van der Waals surface area contributed by atoms with Crippen LogP contribution >= 0.6 is 0 Å². The summed E-state index contributed by atoms with van der Waals surface area (Å²) in [4.78, 5) is 19.2. The molecular weight excluding hydrogens is 424 g/mol. The highest BCUT2D eigenvalue weighted by Crippen LogP contribution is 2.23. The molecule has 2 aromatic heterocycles. The van der Waals surface area contributed by atoms with E-state index < -0.39 is 0 Å². The number of hydrogen-bond acceptors (Lipinski definition) is 4. The number of rotatable bonds is 10. The van der Waals surface area contributed by atoms with E-state index in [9.17, 15) is 4.79 Å². The van der Waals surface area contributed by atoms with Gasteiger partial charge >= 0.3 is 0 Å². The molecule has 0 bridgehead atoms. The van der Waals surface area contributed by atoms with Crippen molar-refractivity contribution in [2.45, 2.75) is 13.1 Å². The maximum absolute atomic E-state index is 13.1. The number of carbonyl (C=O) groups is 1. The molecule has 0 aliphatic heterocycles. The van der Waals surface area contributed by atoms with Crippen molar-refractivity contribution in [2.75, 3.05) is 20.3 Å². The van der Waals surface area contributed by atoms with Gasteiger partial charge in [0.15, 0.2) is 0 Å². The third kappa shape index (κ3) is 6.27. The molecule has 6 nitrogen and oxygen atoms in total. The van der Waals surface area contributed by atoms with E-state index in [1.165, 1.54) is 0 Å². The van der Waals surface area contributed by atoms with Crippen molar-refractivity contribution in [1.82, 2.24) is 19.7 Å². The molecule has 6 heteroatoms. The smallest absolute Gasteiger partial charge is 0.247 e. The van der Waals surface area contributed by atoms with Gasteiger partial charge in [0, 0.05) is 43.3 Å². The van der Waals surface area contributed by atoms with Gasteiger partial charge in [-0.1, -0.05) is 66.7 Å². The standard InChI is InChI=1S/C28H28N4O2/c1-34-19-18-31(22-26-14-8-9-17-29-26)27(33)16-15-25-21-32(20-23-10-4-2-5-11-23)30-28(25)24-12-6-3-7-13-24/h2-17,21H,18-20,22H2,1H3/b16-15+. The number of nitrogens with zero attached hydrogens (tertiary/aromatic N) is 4. The van der Waals surface area contributed by atoms with Crippen molar-refractivity contribution >= 4 is 12.0 Å². The molecule has 0 aliphatic carbocycles. The summed E-state index contributed by atoms with van der Waals surface area (Å²) in [6, 6.07) is 25.9. The summed E-state index contributed by atoms with van der Waals surface area (Å²) in [6.07, 6.45) is 7.17. The molecule has 0 unspecified atom stereocenters. The Labute approximate surface area is 200 Å². The van der Waals surface area contributed by atoms with Gasteiger partial charge in [-0.3, -0.25) is 14.5 Å². The molecule has 34 heavy (non-hydrogen) atoms. The van der Waals surface area contributed by atoms with Gasteiger partial charge in [-0.15, -0.1) is 0 Å². The number of hydrogen-bond donors (Lipinski definition) is 0. The lowest BCUT2D eigenvalue weighted by molar-refractivity contribution is -0.127. The van der Waals surface area contributed by atoms with Gasteiger partial charge < -0.3 is 9.64 Å². The second-order valence-electron chi connectivity index (χ2n) is 7.89. The van der Waals surface area contributed by atoms with Crippen molar-refractivity contribution < 1.29 is 9.53 Å². The van der Waals surface area contributed by atoms with Gasteiger partial charge in [0.1, 0.15) is 0 Å². The van der Waals surface area contributed by atoms with Gasteiger partial charge in [0.2, 0.25) is 5.91 Å². The molecule has 0 saturated carbocycles. The normalized spacial score (nSPS) is 11.1. The first-order valence-electron chi connectivity index (χ1n) is 11.3. The third-order valence-electron chi connectivity index (χ3n) is 5.39. The summed E-state index contributed by atoms with van der Waals surface area (Å²) in [5.74, 6) is -0.0995. The van der Waals surface area contributed by atoms with Crippen LogP contribution < -0.4 is 0 Å². The molecule has 2 aromatic carbocycles. The number of ether oxygens (including phenoxy) is 1. The molecule has 0 saturated heterocycles. The molecule has 0 radical (unpaired) electrons. The predicted octanol–water partition coefficient (Wildman–Crippen LogP) is 4.68. The number of amides is 1. The van der Waals surface area contributed by atoms with E-state index in [1.807, 2.05) is 83.7 Å². The molecule has 4 aromatic rings. The second kappa shape index (κ2) is 11.7. The monoisotopic (exact) mass is 452 g/mol. The predicted molar refractivity (Wildman–Crippen MR) is 134 cm³/mol. The van der Waals surface area contributed by atoms with Gasteiger partial charge in [-0.25, -0.2) is 0 Å². The van der Waals surface area contributed by atoms with Crippen LogP contribution in [-0.2, 0) is 22.6 Å². The summed E-state index contributed by atoms with van der Waals surface area (Å²) in [5.41, 5.74) is 4.73. The van der Waals surface area contributed by atoms with E-state index in [0.717, 1.165) is 28.1 Å². The molecule has 172 valence electrons. The topological polar surface area (TPSA) is 60.2 Å². The van der Waals surface area contributed by atoms with Crippen molar-refractivity contribution in [3.05, 3.63) is 114 Å². The van der Waals surface area contributed by atoms with Crippen LogP contribution in [0, 0.1) is 0 Å². The van der Waals surface area contributed by atoms with E-state index in [-0.39, 0.29) is 5.91 Å². The SMILES string of the molecule is COCCN(Cc1ccccn1)C(=O)/C=C/c1cn(Cc2ccccc2)nc1-c1ccccc1. The van der Waals surface area contributed by atoms with Gasteiger partial charge in [0.25, 0.3) is 0 Å². The van der Waals surface area contributed by atoms with Gasteiger partial charge in [0.05, 0.1) is 31.1 Å². The summed E-state index contributed by atoms with van der Waals surface area (Å²) >= 11 is 0. The van der Waals surface area contributed by atoms with Crippen LogP contribution in [0.4, 0.5) is 0 Å². The van der Waals surface area contributed by atoms with Gasteiger partial charge in [-0.2, -0.15) is 5.10 Å². The lowest BCUT2D eigenvalue weighted by Gasteiger charge is -2.20. The lowest BCUT2D eigenvalue weighted by atomic mass is 10.1. The van der Waals surface area contributed by atoms with Crippen molar-refractivity contribution in [3.8, 4) is 11.3 Å². The van der Waals surface area contributed by atoms with E-state index in [0.29, 0.717) is 26.2 Å². The summed E-state index contributed by atoms with van der Waals surface area (Å²) in [5, 5.41) is 4.83. The van der Waals surface area contributed by atoms with Crippen molar-refractivity contribution in [3.63, 3.8) is 0 Å². The number of aromatic nitrogens is 3. The minimum Gasteiger partial charge on any atom is -0.383 e. The van der Waals surface area contributed by atoms with Gasteiger partial charge in [-0.05, 0) is 23.8 Å². The van der Waals surface area contributed by atoms with Crippen LogP contribution in [0.15, 0.2) is 97.3 Å². The number of pyridine rings is 1. The van der Waals surface area contributed by atoms with E-state index >= 15 is 0 Å². The highest BCUT2D eigenvalue weighted by molar-refractivity contribution is 5.92. The third-order valence-corrected chi connectivity index (χ3v) is 5.39. The average molecular weight is 453 g/mol. The Hall–Kier alpha value is -4.03. The first-order valence-corrected chi connectivity index (χ1v) is 11.3. The molecule has 0 aliphatic rings. The second-order valence-corrected chi connectivity index (χ2v) is 7.89. The van der Waals surface area contributed by atoms with Crippen LogP contribution in [0.3, 0.4) is 0 Å². The highest BCUT2D eigenvalue weighted by atomic mass is 16.5. The lowest BCUT2D eigenvalue weighted by Crippen LogP contribution is -2.32. The Kier molecular flexibility index (Phi) is 7.98. The Balaban J connectivity index is 1.58. The first kappa shape index (κ1) is 23.1. The number of carbonyl (C=O) groups excluding carboxylic acids is 1. The number of benzene rings is 2. The van der Waals surface area contributed by atoms with Crippen molar-refractivity contribution in [2.24, 2.45) is 0 Å². The maximum Gasteiger partial charge on any atom is 0.247 e. The summed E-state index contributed by atoms with van der Waals surface area (Å²) in [7, 11) is 1.63. The Bertz CT molecular complexity index is 1210. The fourth-order valence-electron chi connectivity index (χ4n) is 3.65. The molecular formula is C28H28N4O2. The molecule has 2 heterocycles.